The Bertz CT molecular complexity index is 801. The fourth-order valence-corrected chi connectivity index (χ4v) is 3.03. The summed E-state index contributed by atoms with van der Waals surface area (Å²) in [7, 11) is 0. The first kappa shape index (κ1) is 18.3. The number of nitrogens with one attached hydrogen (secondary N) is 1. The quantitative estimate of drug-likeness (QED) is 0.752. The molecule has 2 N–H and O–H groups in total. The number of hydrogen-bond donors (Lipinski definition) is 2. The molecule has 0 saturated heterocycles. The van der Waals surface area contributed by atoms with Crippen LogP contribution in [0.15, 0.2) is 22.7 Å². The zero-order valence-electron chi connectivity index (χ0n) is 13.0. The predicted octanol–water partition coefficient (Wildman–Crippen LogP) is 4.76. The van der Waals surface area contributed by atoms with Crippen molar-refractivity contribution in [2.45, 2.75) is 26.4 Å². The van der Waals surface area contributed by atoms with E-state index in [9.17, 15) is 19.1 Å². The number of halogens is 2. The van der Waals surface area contributed by atoms with E-state index in [0.717, 1.165) is 11.3 Å². The van der Waals surface area contributed by atoms with Crippen LogP contribution in [0, 0.1) is 5.82 Å². The lowest BCUT2D eigenvalue weighted by Gasteiger charge is -2.19. The molecule has 24 heavy (non-hydrogen) atoms. The molecule has 0 aliphatic carbocycles. The molecule has 6 nitrogen and oxygen atoms in total. The number of benzene rings is 1. The highest BCUT2D eigenvalue weighted by Gasteiger charge is 2.24. The van der Waals surface area contributed by atoms with Crippen molar-refractivity contribution >= 4 is 44.3 Å². The second-order valence-electron chi connectivity index (χ2n) is 5.75. The molecule has 1 heterocycles. The highest BCUT2D eigenvalue weighted by Crippen LogP contribution is 2.34. The Kier molecular flexibility index (Phi) is 5.24. The largest absolute Gasteiger partial charge is 0.476 e. The smallest absolute Gasteiger partial charge is 0.412 e. The number of aromatic nitrogens is 1. The molecule has 0 atom stereocenters. The molecule has 0 radical (unpaired) electrons. The number of anilines is 1. The molecule has 1 amide bonds. The molecule has 2 aromatic rings. The first-order valence-electron chi connectivity index (χ1n) is 6.76. The van der Waals surface area contributed by atoms with Crippen molar-refractivity contribution in [3.63, 3.8) is 0 Å². The van der Waals surface area contributed by atoms with Gasteiger partial charge in [-0.2, -0.15) is 0 Å². The topological polar surface area (TPSA) is 88.5 Å². The van der Waals surface area contributed by atoms with E-state index < -0.39 is 23.5 Å². The second-order valence-corrected chi connectivity index (χ2v) is 7.67. The minimum atomic E-state index is -1.33. The summed E-state index contributed by atoms with van der Waals surface area (Å²) in [5.41, 5.74) is -0.968. The lowest BCUT2D eigenvalue weighted by Crippen LogP contribution is -2.27. The van der Waals surface area contributed by atoms with Crippen LogP contribution in [-0.2, 0) is 4.74 Å². The van der Waals surface area contributed by atoms with Gasteiger partial charge in [0.2, 0.25) is 0 Å². The fraction of sp³-hybridized carbons (Fsp3) is 0.267. The van der Waals surface area contributed by atoms with Crippen LogP contribution in [0.3, 0.4) is 0 Å². The van der Waals surface area contributed by atoms with Crippen LogP contribution in [-0.4, -0.2) is 27.8 Å². The molecule has 128 valence electrons. The van der Waals surface area contributed by atoms with Crippen molar-refractivity contribution in [1.82, 2.24) is 4.98 Å². The van der Waals surface area contributed by atoms with Gasteiger partial charge in [0.05, 0.1) is 0 Å². The average Bonchev–Trinajstić information content (AvgIpc) is 2.79. The summed E-state index contributed by atoms with van der Waals surface area (Å²) in [6, 6.07) is 4.33. The van der Waals surface area contributed by atoms with E-state index in [-0.39, 0.29) is 21.3 Å². The van der Waals surface area contributed by atoms with Gasteiger partial charge < -0.3 is 9.84 Å². The Morgan fingerprint density at radius 2 is 2.04 bits per heavy atom. The van der Waals surface area contributed by atoms with E-state index in [1.54, 1.807) is 26.8 Å². The second kappa shape index (κ2) is 6.86. The third kappa shape index (κ3) is 4.51. The van der Waals surface area contributed by atoms with Gasteiger partial charge in [0.25, 0.3) is 0 Å². The number of aromatic carboxylic acids is 1. The SMILES string of the molecule is CC(C)(C)OC(=O)Nc1sc(-c2ccc(Br)cc2F)nc1C(=O)O. The average molecular weight is 417 g/mol. The molecule has 0 bridgehead atoms. The van der Waals surface area contributed by atoms with Gasteiger partial charge >= 0.3 is 12.1 Å². The van der Waals surface area contributed by atoms with E-state index in [1.807, 2.05) is 0 Å². The van der Waals surface area contributed by atoms with Gasteiger partial charge in [0.15, 0.2) is 5.69 Å². The standard InChI is InChI=1S/C15H14BrFN2O4S/c1-15(2,3)23-14(22)19-12-10(13(20)21)18-11(24-12)8-5-4-7(16)6-9(8)17/h4-6H,1-3H3,(H,19,22)(H,20,21). The van der Waals surface area contributed by atoms with Gasteiger partial charge in [-0.1, -0.05) is 27.3 Å². The van der Waals surface area contributed by atoms with Crippen molar-refractivity contribution in [1.29, 1.82) is 0 Å². The molecule has 1 aromatic heterocycles. The third-order valence-electron chi connectivity index (χ3n) is 2.61. The lowest BCUT2D eigenvalue weighted by molar-refractivity contribution is 0.0636. The molecular formula is C15H14BrFN2O4S. The monoisotopic (exact) mass is 416 g/mol. The van der Waals surface area contributed by atoms with Crippen LogP contribution in [0.5, 0.6) is 0 Å². The van der Waals surface area contributed by atoms with Crippen molar-refractivity contribution in [2.75, 3.05) is 5.32 Å². The van der Waals surface area contributed by atoms with Crippen molar-refractivity contribution < 1.29 is 23.8 Å². The summed E-state index contributed by atoms with van der Waals surface area (Å²) < 4.78 is 19.7. The predicted molar refractivity (Wildman–Crippen MR) is 92.0 cm³/mol. The number of rotatable bonds is 3. The molecule has 0 saturated carbocycles. The molecule has 0 fully saturated rings. The Balaban J connectivity index is 2.37. The number of amides is 1. The number of carboxylic acids is 1. The summed E-state index contributed by atoms with van der Waals surface area (Å²) in [6.45, 7) is 5.04. The van der Waals surface area contributed by atoms with Gasteiger partial charge in [-0.3, -0.25) is 5.32 Å². The lowest BCUT2D eigenvalue weighted by atomic mass is 10.2. The van der Waals surface area contributed by atoms with E-state index in [1.165, 1.54) is 12.1 Å². The molecule has 0 aliphatic rings. The molecule has 0 unspecified atom stereocenters. The third-order valence-corrected chi connectivity index (χ3v) is 4.10. The molecule has 9 heteroatoms. The number of nitrogens with zero attached hydrogens (tertiary/aromatic N) is 1. The van der Waals surface area contributed by atoms with Crippen LogP contribution < -0.4 is 5.32 Å². The zero-order valence-corrected chi connectivity index (χ0v) is 15.4. The van der Waals surface area contributed by atoms with Crippen molar-refractivity contribution in [3.8, 4) is 10.6 Å². The Morgan fingerprint density at radius 3 is 2.58 bits per heavy atom. The number of carboxylic acid groups (broad SMARTS) is 1. The Morgan fingerprint density at radius 1 is 1.38 bits per heavy atom. The van der Waals surface area contributed by atoms with Gasteiger partial charge in [-0.25, -0.2) is 19.0 Å². The Hall–Kier alpha value is -2.00. The molecule has 1 aromatic carbocycles. The minimum absolute atomic E-state index is 0.0194. The molecule has 0 spiro atoms. The van der Waals surface area contributed by atoms with Gasteiger partial charge in [0, 0.05) is 10.0 Å². The summed E-state index contributed by atoms with van der Waals surface area (Å²) in [5.74, 6) is -1.89. The molecular weight excluding hydrogens is 403 g/mol. The fourth-order valence-electron chi connectivity index (χ4n) is 1.72. The van der Waals surface area contributed by atoms with Gasteiger partial charge in [0.1, 0.15) is 21.4 Å². The van der Waals surface area contributed by atoms with E-state index in [4.69, 9.17) is 4.74 Å². The minimum Gasteiger partial charge on any atom is -0.476 e. The maximum Gasteiger partial charge on any atom is 0.412 e. The van der Waals surface area contributed by atoms with Gasteiger partial charge in [-0.05, 0) is 39.0 Å². The highest BCUT2D eigenvalue weighted by atomic mass is 79.9. The first-order valence-corrected chi connectivity index (χ1v) is 8.37. The highest BCUT2D eigenvalue weighted by molar-refractivity contribution is 9.10. The van der Waals surface area contributed by atoms with E-state index in [0.29, 0.717) is 4.47 Å². The maximum atomic E-state index is 14.0. The molecule has 2 rings (SSSR count). The van der Waals surface area contributed by atoms with Crippen molar-refractivity contribution in [3.05, 3.63) is 34.2 Å². The number of carbonyl (C=O) groups excluding carboxylic acids is 1. The van der Waals surface area contributed by atoms with Gasteiger partial charge in [-0.15, -0.1) is 0 Å². The summed E-state index contributed by atoms with van der Waals surface area (Å²) in [6.07, 6.45) is -0.809. The summed E-state index contributed by atoms with van der Waals surface area (Å²) >= 11 is 4.00. The van der Waals surface area contributed by atoms with Crippen LogP contribution in [0.2, 0.25) is 0 Å². The summed E-state index contributed by atoms with van der Waals surface area (Å²) in [4.78, 5) is 27.1. The zero-order chi connectivity index (χ0) is 18.1. The van der Waals surface area contributed by atoms with Crippen LogP contribution in [0.1, 0.15) is 31.3 Å². The number of thiazole rings is 1. The van der Waals surface area contributed by atoms with Crippen LogP contribution >= 0.6 is 27.3 Å². The van der Waals surface area contributed by atoms with Crippen LogP contribution in [0.25, 0.3) is 10.6 Å². The van der Waals surface area contributed by atoms with Crippen molar-refractivity contribution in [2.24, 2.45) is 0 Å². The number of carbonyl (C=O) groups is 2. The molecule has 0 aliphatic heterocycles. The maximum absolute atomic E-state index is 14.0. The van der Waals surface area contributed by atoms with Crippen LogP contribution in [0.4, 0.5) is 14.2 Å². The van der Waals surface area contributed by atoms with E-state index in [2.05, 4.69) is 26.2 Å². The number of ether oxygens (including phenoxy) is 1. The Labute approximate surface area is 149 Å². The normalized spacial score (nSPS) is 11.2. The summed E-state index contributed by atoms with van der Waals surface area (Å²) in [5, 5.41) is 11.7. The van der Waals surface area contributed by atoms with E-state index >= 15 is 0 Å². The number of hydrogen-bond acceptors (Lipinski definition) is 5. The first-order chi connectivity index (χ1) is 11.1.